The lowest BCUT2D eigenvalue weighted by Crippen LogP contribution is -2.50. The van der Waals surface area contributed by atoms with Gasteiger partial charge in [-0.3, -0.25) is 0 Å². The second-order valence-corrected chi connectivity index (χ2v) is 8.24. The van der Waals surface area contributed by atoms with Crippen LogP contribution in [0.25, 0.3) is 0 Å². The summed E-state index contributed by atoms with van der Waals surface area (Å²) in [5, 5.41) is 2.83. The van der Waals surface area contributed by atoms with Gasteiger partial charge in [0.05, 0.1) is 0 Å². The molecule has 4 rings (SSSR count). The molecule has 2 aromatic rings. The zero-order valence-electron chi connectivity index (χ0n) is 18.4. The van der Waals surface area contributed by atoms with Crippen LogP contribution >= 0.6 is 0 Å². The lowest BCUT2D eigenvalue weighted by Gasteiger charge is -2.36. The number of rotatable bonds is 3. The van der Waals surface area contributed by atoms with Crippen LogP contribution in [0, 0.1) is 19.7 Å². The van der Waals surface area contributed by atoms with Crippen LogP contribution in [0.5, 0.6) is 0 Å². The summed E-state index contributed by atoms with van der Waals surface area (Å²) >= 11 is 0. The molecule has 0 aliphatic carbocycles. The van der Waals surface area contributed by atoms with Gasteiger partial charge in [0.2, 0.25) is 0 Å². The van der Waals surface area contributed by atoms with E-state index in [-0.39, 0.29) is 11.8 Å². The average Bonchev–Trinajstić information content (AvgIpc) is 2.77. The van der Waals surface area contributed by atoms with Gasteiger partial charge in [-0.1, -0.05) is 6.07 Å². The predicted octanol–water partition coefficient (Wildman–Crippen LogP) is 2.34. The molecule has 9 heteroatoms. The normalized spacial score (nSPS) is 17.7. The molecule has 8 nitrogen and oxygen atoms in total. The van der Waals surface area contributed by atoms with E-state index in [1.165, 1.54) is 6.07 Å². The highest BCUT2D eigenvalue weighted by molar-refractivity contribution is 5.90. The van der Waals surface area contributed by atoms with E-state index >= 15 is 0 Å². The Morgan fingerprint density at radius 3 is 2.13 bits per heavy atom. The van der Waals surface area contributed by atoms with E-state index in [1.807, 2.05) is 6.92 Å². The molecule has 2 aliphatic rings. The SMILES string of the molecule is Cc1nc(N2CCN(C)CC2)cc(N2CCN(C(=O)Nc3cccc(F)c3C)CC2)n1. The molecule has 0 atom stereocenters. The highest BCUT2D eigenvalue weighted by Gasteiger charge is 2.24. The number of aryl methyl sites for hydroxylation is 1. The van der Waals surface area contributed by atoms with Gasteiger partial charge >= 0.3 is 6.03 Å². The molecule has 1 aromatic carbocycles. The predicted molar refractivity (Wildman–Crippen MR) is 120 cm³/mol. The number of hydrogen-bond donors (Lipinski definition) is 1. The van der Waals surface area contributed by atoms with Crippen molar-refractivity contribution in [3.05, 3.63) is 41.5 Å². The van der Waals surface area contributed by atoms with Gasteiger partial charge < -0.3 is 24.9 Å². The molecule has 3 heterocycles. The number of anilines is 3. The first-order valence-corrected chi connectivity index (χ1v) is 10.8. The quantitative estimate of drug-likeness (QED) is 0.811. The van der Waals surface area contributed by atoms with Crippen molar-refractivity contribution in [2.45, 2.75) is 13.8 Å². The third-order valence-corrected chi connectivity index (χ3v) is 6.04. The number of urea groups is 1. The molecule has 0 saturated carbocycles. The Labute approximate surface area is 182 Å². The summed E-state index contributed by atoms with van der Waals surface area (Å²) in [4.78, 5) is 30.5. The number of aromatic nitrogens is 2. The largest absolute Gasteiger partial charge is 0.354 e. The molecular formula is C22H30FN7O. The fourth-order valence-corrected chi connectivity index (χ4v) is 3.97. The molecule has 1 N–H and O–H groups in total. The van der Waals surface area contributed by atoms with Crippen molar-refractivity contribution in [2.75, 3.05) is 74.5 Å². The zero-order chi connectivity index (χ0) is 22.0. The minimum absolute atomic E-state index is 0.203. The van der Waals surface area contributed by atoms with Crippen LogP contribution in [-0.2, 0) is 0 Å². The van der Waals surface area contributed by atoms with Crippen LogP contribution in [-0.4, -0.2) is 85.2 Å². The van der Waals surface area contributed by atoms with Crippen molar-refractivity contribution in [1.82, 2.24) is 19.8 Å². The molecular weight excluding hydrogens is 397 g/mol. The Hall–Kier alpha value is -2.94. The maximum absolute atomic E-state index is 13.7. The monoisotopic (exact) mass is 427 g/mol. The molecule has 0 unspecified atom stereocenters. The summed E-state index contributed by atoms with van der Waals surface area (Å²) in [7, 11) is 2.14. The molecule has 166 valence electrons. The summed E-state index contributed by atoms with van der Waals surface area (Å²) in [5.74, 6) is 2.31. The zero-order valence-corrected chi connectivity index (χ0v) is 18.4. The Morgan fingerprint density at radius 2 is 1.52 bits per heavy atom. The summed E-state index contributed by atoms with van der Waals surface area (Å²) in [5.41, 5.74) is 0.957. The number of nitrogens with zero attached hydrogens (tertiary/aromatic N) is 6. The standard InChI is InChI=1S/C22H30FN7O/c1-16-18(23)5-4-6-19(16)26-22(31)30-13-11-29(12-14-30)21-15-20(24-17(2)25-21)28-9-7-27(3)8-10-28/h4-6,15H,7-14H2,1-3H3,(H,26,31). The van der Waals surface area contributed by atoms with Gasteiger partial charge in [-0.25, -0.2) is 19.2 Å². The van der Waals surface area contributed by atoms with Gasteiger partial charge in [0, 0.05) is 69.7 Å². The van der Waals surface area contributed by atoms with Crippen molar-refractivity contribution in [3.63, 3.8) is 0 Å². The Balaban J connectivity index is 1.38. The molecule has 1 aromatic heterocycles. The maximum atomic E-state index is 13.7. The average molecular weight is 428 g/mol. The fraction of sp³-hybridized carbons (Fsp3) is 0.500. The third-order valence-electron chi connectivity index (χ3n) is 6.04. The second-order valence-electron chi connectivity index (χ2n) is 8.24. The summed E-state index contributed by atoms with van der Waals surface area (Å²) in [6, 6.07) is 6.57. The molecule has 2 saturated heterocycles. The minimum Gasteiger partial charge on any atom is -0.354 e. The molecule has 2 fully saturated rings. The van der Waals surface area contributed by atoms with Crippen LogP contribution in [0.1, 0.15) is 11.4 Å². The molecule has 0 radical (unpaired) electrons. The van der Waals surface area contributed by atoms with Crippen LogP contribution < -0.4 is 15.1 Å². The van der Waals surface area contributed by atoms with E-state index in [4.69, 9.17) is 0 Å². The van der Waals surface area contributed by atoms with E-state index in [2.05, 4.69) is 43.1 Å². The summed E-state index contributed by atoms with van der Waals surface area (Å²) in [6.07, 6.45) is 0. The highest BCUT2D eigenvalue weighted by atomic mass is 19.1. The summed E-state index contributed by atoms with van der Waals surface area (Å²) < 4.78 is 13.7. The van der Waals surface area contributed by atoms with E-state index in [9.17, 15) is 9.18 Å². The first kappa shape index (κ1) is 21.3. The first-order chi connectivity index (χ1) is 14.9. The van der Waals surface area contributed by atoms with E-state index in [1.54, 1.807) is 24.0 Å². The van der Waals surface area contributed by atoms with Crippen molar-refractivity contribution < 1.29 is 9.18 Å². The number of nitrogens with one attached hydrogen (secondary N) is 1. The maximum Gasteiger partial charge on any atom is 0.321 e. The van der Waals surface area contributed by atoms with Crippen molar-refractivity contribution in [3.8, 4) is 0 Å². The second kappa shape index (κ2) is 9.05. The number of halogens is 1. The molecule has 2 amide bonds. The van der Waals surface area contributed by atoms with Gasteiger partial charge in [-0.2, -0.15) is 0 Å². The highest BCUT2D eigenvalue weighted by Crippen LogP contribution is 2.22. The minimum atomic E-state index is -0.321. The number of hydrogen-bond acceptors (Lipinski definition) is 6. The molecule has 0 spiro atoms. The molecule has 2 aliphatic heterocycles. The molecule has 0 bridgehead atoms. The topological polar surface area (TPSA) is 67.8 Å². The van der Waals surface area contributed by atoms with Crippen molar-refractivity contribution in [1.29, 1.82) is 0 Å². The van der Waals surface area contributed by atoms with Crippen LogP contribution in [0.3, 0.4) is 0 Å². The molecule has 31 heavy (non-hydrogen) atoms. The number of carbonyl (C=O) groups is 1. The van der Waals surface area contributed by atoms with Gasteiger partial charge in [0.25, 0.3) is 0 Å². The van der Waals surface area contributed by atoms with Crippen molar-refractivity contribution >= 4 is 23.4 Å². The number of likely N-dealkylation sites (N-methyl/N-ethyl adjacent to an activating group) is 1. The first-order valence-electron chi connectivity index (χ1n) is 10.8. The van der Waals surface area contributed by atoms with E-state index < -0.39 is 0 Å². The fourth-order valence-electron chi connectivity index (χ4n) is 3.97. The summed E-state index contributed by atoms with van der Waals surface area (Å²) in [6.45, 7) is 10.1. The van der Waals surface area contributed by atoms with Gasteiger partial charge in [0.15, 0.2) is 0 Å². The van der Waals surface area contributed by atoms with Gasteiger partial charge in [-0.05, 0) is 33.0 Å². The lowest BCUT2D eigenvalue weighted by atomic mass is 10.2. The van der Waals surface area contributed by atoms with Crippen LogP contribution in [0.2, 0.25) is 0 Å². The Kier molecular flexibility index (Phi) is 6.22. The lowest BCUT2D eigenvalue weighted by molar-refractivity contribution is 0.208. The number of amides is 2. The third kappa shape index (κ3) is 4.87. The number of benzene rings is 1. The van der Waals surface area contributed by atoms with Gasteiger partial charge in [0.1, 0.15) is 23.3 Å². The smallest absolute Gasteiger partial charge is 0.321 e. The van der Waals surface area contributed by atoms with Crippen LogP contribution in [0.4, 0.5) is 26.5 Å². The van der Waals surface area contributed by atoms with Crippen LogP contribution in [0.15, 0.2) is 24.3 Å². The Bertz CT molecular complexity index is 937. The van der Waals surface area contributed by atoms with E-state index in [0.717, 1.165) is 43.6 Å². The number of carbonyl (C=O) groups excluding carboxylic acids is 1. The van der Waals surface area contributed by atoms with Crippen molar-refractivity contribution in [2.24, 2.45) is 0 Å². The Morgan fingerprint density at radius 1 is 0.935 bits per heavy atom. The van der Waals surface area contributed by atoms with E-state index in [0.29, 0.717) is 37.4 Å². The van der Waals surface area contributed by atoms with Gasteiger partial charge in [-0.15, -0.1) is 0 Å². The number of piperazine rings is 2.